The van der Waals surface area contributed by atoms with Crippen LogP contribution >= 0.6 is 0 Å². The number of hydrogen-bond acceptors (Lipinski definition) is 3. The van der Waals surface area contributed by atoms with Crippen molar-refractivity contribution in [2.75, 3.05) is 18.1 Å². The van der Waals surface area contributed by atoms with Crippen molar-refractivity contribution in [2.45, 2.75) is 32.7 Å². The largest absolute Gasteiger partial charge is 0.490 e. The van der Waals surface area contributed by atoms with Gasteiger partial charge in [0, 0.05) is 6.42 Å². The Morgan fingerprint density at radius 3 is 2.90 bits per heavy atom. The fourth-order valence-electron chi connectivity index (χ4n) is 2.94. The molecule has 2 heterocycles. The Hall–Kier alpha value is -2.04. The number of fused-ring (bicyclic) bond motifs is 1. The van der Waals surface area contributed by atoms with Crippen LogP contribution in [0.3, 0.4) is 0 Å². The van der Waals surface area contributed by atoms with Crippen molar-refractivity contribution in [3.05, 3.63) is 23.3 Å². The highest BCUT2D eigenvalue weighted by Crippen LogP contribution is 2.36. The SMILES string of the molecule is Cc1cc(C)c2c(c1)OCCN2C(=O)C1CCC(=O)N1. The van der Waals surface area contributed by atoms with Crippen LogP contribution in [-0.4, -0.2) is 31.0 Å². The zero-order chi connectivity index (χ0) is 14.3. The molecule has 0 bridgehead atoms. The van der Waals surface area contributed by atoms with Crippen molar-refractivity contribution in [3.63, 3.8) is 0 Å². The second-order valence-electron chi connectivity index (χ2n) is 5.43. The zero-order valence-electron chi connectivity index (χ0n) is 11.7. The Labute approximate surface area is 117 Å². The summed E-state index contributed by atoms with van der Waals surface area (Å²) < 4.78 is 5.67. The Bertz CT molecular complexity index is 583. The van der Waals surface area contributed by atoms with Crippen LogP contribution in [-0.2, 0) is 9.59 Å². The molecule has 106 valence electrons. The number of rotatable bonds is 1. The molecule has 0 aromatic heterocycles. The quantitative estimate of drug-likeness (QED) is 0.840. The first kappa shape index (κ1) is 13.0. The number of ether oxygens (including phenoxy) is 1. The minimum atomic E-state index is -0.394. The van der Waals surface area contributed by atoms with E-state index < -0.39 is 6.04 Å². The predicted molar refractivity (Wildman–Crippen MR) is 74.9 cm³/mol. The molecule has 1 N–H and O–H groups in total. The number of benzene rings is 1. The summed E-state index contributed by atoms with van der Waals surface area (Å²) in [5.74, 6) is 0.677. The number of hydrogen-bond donors (Lipinski definition) is 1. The first-order valence-electron chi connectivity index (χ1n) is 6.91. The highest BCUT2D eigenvalue weighted by molar-refractivity contribution is 6.02. The minimum absolute atomic E-state index is 0.0349. The van der Waals surface area contributed by atoms with E-state index >= 15 is 0 Å². The average Bonchev–Trinajstić information content (AvgIpc) is 2.83. The standard InChI is InChI=1S/C15H18N2O3/c1-9-7-10(2)14-12(8-9)20-6-5-17(14)15(19)11-3-4-13(18)16-11/h7-8,11H,3-6H2,1-2H3,(H,16,18). The molecule has 0 radical (unpaired) electrons. The lowest BCUT2D eigenvalue weighted by atomic mass is 10.1. The van der Waals surface area contributed by atoms with E-state index in [4.69, 9.17) is 4.74 Å². The van der Waals surface area contributed by atoms with Gasteiger partial charge in [-0.1, -0.05) is 6.07 Å². The predicted octanol–water partition coefficient (Wildman–Crippen LogP) is 1.31. The summed E-state index contributed by atoms with van der Waals surface area (Å²) in [5, 5.41) is 2.74. The molecule has 1 unspecified atom stereocenters. The topological polar surface area (TPSA) is 58.6 Å². The summed E-state index contributed by atoms with van der Waals surface area (Å²) in [6, 6.07) is 3.60. The van der Waals surface area contributed by atoms with E-state index in [1.807, 2.05) is 26.0 Å². The van der Waals surface area contributed by atoms with Crippen molar-refractivity contribution in [3.8, 4) is 5.75 Å². The van der Waals surface area contributed by atoms with Crippen molar-refractivity contribution >= 4 is 17.5 Å². The number of amides is 2. The van der Waals surface area contributed by atoms with Crippen LogP contribution in [0.5, 0.6) is 5.75 Å². The molecule has 5 heteroatoms. The molecule has 2 amide bonds. The van der Waals surface area contributed by atoms with Gasteiger partial charge in [-0.05, 0) is 37.5 Å². The summed E-state index contributed by atoms with van der Waals surface area (Å²) in [6.45, 7) is 5.01. The summed E-state index contributed by atoms with van der Waals surface area (Å²) in [7, 11) is 0. The molecule has 20 heavy (non-hydrogen) atoms. The van der Waals surface area contributed by atoms with E-state index in [-0.39, 0.29) is 11.8 Å². The van der Waals surface area contributed by atoms with Crippen LogP contribution < -0.4 is 15.0 Å². The smallest absolute Gasteiger partial charge is 0.249 e. The third-order valence-corrected chi connectivity index (χ3v) is 3.81. The summed E-state index contributed by atoms with van der Waals surface area (Å²) >= 11 is 0. The van der Waals surface area contributed by atoms with E-state index in [0.29, 0.717) is 26.0 Å². The normalized spacial score (nSPS) is 21.2. The molecule has 1 atom stereocenters. The molecule has 0 saturated carbocycles. The van der Waals surface area contributed by atoms with Crippen LogP contribution in [0.1, 0.15) is 24.0 Å². The summed E-state index contributed by atoms with van der Waals surface area (Å²) in [5.41, 5.74) is 2.98. The minimum Gasteiger partial charge on any atom is -0.490 e. The number of carbonyl (C=O) groups is 2. The van der Waals surface area contributed by atoms with E-state index in [0.717, 1.165) is 22.6 Å². The first-order chi connectivity index (χ1) is 9.56. The van der Waals surface area contributed by atoms with Gasteiger partial charge in [0.15, 0.2) is 0 Å². The maximum atomic E-state index is 12.6. The lowest BCUT2D eigenvalue weighted by Crippen LogP contribution is -2.48. The molecular formula is C15H18N2O3. The lowest BCUT2D eigenvalue weighted by molar-refractivity contribution is -0.124. The van der Waals surface area contributed by atoms with Crippen molar-refractivity contribution < 1.29 is 14.3 Å². The van der Waals surface area contributed by atoms with Crippen LogP contribution in [0, 0.1) is 13.8 Å². The van der Waals surface area contributed by atoms with Gasteiger partial charge >= 0.3 is 0 Å². The van der Waals surface area contributed by atoms with Gasteiger partial charge in [0.05, 0.1) is 12.2 Å². The van der Waals surface area contributed by atoms with Crippen LogP contribution in [0.4, 0.5) is 5.69 Å². The summed E-state index contributed by atoms with van der Waals surface area (Å²) in [6.07, 6.45) is 1.01. The van der Waals surface area contributed by atoms with Crippen LogP contribution in [0.15, 0.2) is 12.1 Å². The Kier molecular flexibility index (Phi) is 3.12. The van der Waals surface area contributed by atoms with Gasteiger partial charge in [0.1, 0.15) is 18.4 Å². The zero-order valence-corrected chi connectivity index (χ0v) is 11.7. The molecule has 0 spiro atoms. The highest BCUT2D eigenvalue weighted by atomic mass is 16.5. The molecule has 1 aromatic rings. The van der Waals surface area contributed by atoms with Crippen LogP contribution in [0.25, 0.3) is 0 Å². The number of nitrogens with one attached hydrogen (secondary N) is 1. The van der Waals surface area contributed by atoms with Gasteiger partial charge in [-0.2, -0.15) is 0 Å². The Balaban J connectivity index is 1.93. The number of carbonyl (C=O) groups excluding carboxylic acids is 2. The van der Waals surface area contributed by atoms with Gasteiger partial charge < -0.3 is 15.0 Å². The average molecular weight is 274 g/mol. The number of nitrogens with zero attached hydrogens (tertiary/aromatic N) is 1. The number of anilines is 1. The van der Waals surface area contributed by atoms with Gasteiger partial charge in [-0.25, -0.2) is 0 Å². The second kappa shape index (κ2) is 4.81. The molecular weight excluding hydrogens is 256 g/mol. The molecule has 2 aliphatic heterocycles. The van der Waals surface area contributed by atoms with Crippen molar-refractivity contribution in [1.29, 1.82) is 0 Å². The van der Waals surface area contributed by atoms with E-state index in [9.17, 15) is 9.59 Å². The Morgan fingerprint density at radius 1 is 1.40 bits per heavy atom. The molecule has 2 aliphatic rings. The maximum Gasteiger partial charge on any atom is 0.249 e. The van der Waals surface area contributed by atoms with Gasteiger partial charge in [-0.15, -0.1) is 0 Å². The number of aryl methyl sites for hydroxylation is 2. The molecule has 1 fully saturated rings. The monoisotopic (exact) mass is 274 g/mol. The van der Waals surface area contributed by atoms with Gasteiger partial charge in [0.25, 0.3) is 0 Å². The molecule has 5 nitrogen and oxygen atoms in total. The fourth-order valence-corrected chi connectivity index (χ4v) is 2.94. The molecule has 1 aromatic carbocycles. The van der Waals surface area contributed by atoms with Crippen molar-refractivity contribution in [1.82, 2.24) is 5.32 Å². The third kappa shape index (κ3) is 2.13. The Morgan fingerprint density at radius 2 is 2.20 bits per heavy atom. The van der Waals surface area contributed by atoms with E-state index in [1.165, 1.54) is 0 Å². The van der Waals surface area contributed by atoms with E-state index in [2.05, 4.69) is 5.32 Å². The van der Waals surface area contributed by atoms with Crippen molar-refractivity contribution in [2.24, 2.45) is 0 Å². The van der Waals surface area contributed by atoms with E-state index in [1.54, 1.807) is 4.90 Å². The second-order valence-corrected chi connectivity index (χ2v) is 5.43. The third-order valence-electron chi connectivity index (χ3n) is 3.81. The summed E-state index contributed by atoms with van der Waals surface area (Å²) in [4.78, 5) is 25.6. The van der Waals surface area contributed by atoms with Gasteiger partial charge in [-0.3, -0.25) is 9.59 Å². The first-order valence-corrected chi connectivity index (χ1v) is 6.91. The van der Waals surface area contributed by atoms with Gasteiger partial charge in [0.2, 0.25) is 11.8 Å². The fraction of sp³-hybridized carbons (Fsp3) is 0.467. The molecule has 0 aliphatic carbocycles. The lowest BCUT2D eigenvalue weighted by Gasteiger charge is -2.32. The van der Waals surface area contributed by atoms with Crippen LogP contribution in [0.2, 0.25) is 0 Å². The maximum absolute atomic E-state index is 12.6. The highest BCUT2D eigenvalue weighted by Gasteiger charge is 2.34. The molecule has 3 rings (SSSR count). The molecule has 1 saturated heterocycles.